The summed E-state index contributed by atoms with van der Waals surface area (Å²) in [5, 5.41) is 10.8. The number of amides is 1. The molecule has 0 saturated heterocycles. The topological polar surface area (TPSA) is 109 Å². The third kappa shape index (κ3) is 3.20. The number of sulfonamides is 1. The van der Waals surface area contributed by atoms with Crippen molar-refractivity contribution in [3.8, 4) is 0 Å². The van der Waals surface area contributed by atoms with Gasteiger partial charge in [0, 0.05) is 11.4 Å². The van der Waals surface area contributed by atoms with Gasteiger partial charge in [0.1, 0.15) is 4.21 Å². The van der Waals surface area contributed by atoms with E-state index in [0.717, 1.165) is 11.3 Å². The normalized spacial score (nSPS) is 24.1. The van der Waals surface area contributed by atoms with Crippen LogP contribution in [0.15, 0.2) is 15.7 Å². The number of aliphatic hydroxyl groups is 1. The molecule has 20 heavy (non-hydrogen) atoms. The van der Waals surface area contributed by atoms with Crippen molar-refractivity contribution in [3.63, 3.8) is 0 Å². The maximum atomic E-state index is 12.2. The van der Waals surface area contributed by atoms with Crippen LogP contribution in [0.5, 0.6) is 0 Å². The van der Waals surface area contributed by atoms with Crippen LogP contribution in [0.1, 0.15) is 36.5 Å². The molecule has 8 heteroatoms. The van der Waals surface area contributed by atoms with Gasteiger partial charge >= 0.3 is 0 Å². The average Bonchev–Trinajstić information content (AvgIpc) is 2.83. The molecule has 1 atom stereocenters. The zero-order chi connectivity index (χ0) is 14.9. The fourth-order valence-electron chi connectivity index (χ4n) is 2.32. The molecule has 0 unspecified atom stereocenters. The van der Waals surface area contributed by atoms with Crippen LogP contribution in [0, 0.1) is 5.92 Å². The molecule has 2 rings (SSSR count). The van der Waals surface area contributed by atoms with Crippen LogP contribution in [0.25, 0.3) is 0 Å². The molecular formula is C12H18N2O4S2. The van der Waals surface area contributed by atoms with Crippen LogP contribution >= 0.6 is 11.3 Å². The Balaban J connectivity index is 2.10. The van der Waals surface area contributed by atoms with Gasteiger partial charge in [-0.1, -0.05) is 6.92 Å². The van der Waals surface area contributed by atoms with E-state index < -0.39 is 15.9 Å². The van der Waals surface area contributed by atoms with E-state index in [4.69, 9.17) is 5.73 Å². The van der Waals surface area contributed by atoms with Crippen molar-refractivity contribution in [2.45, 2.75) is 42.5 Å². The van der Waals surface area contributed by atoms with E-state index in [9.17, 15) is 18.3 Å². The van der Waals surface area contributed by atoms with Gasteiger partial charge in [-0.15, -0.1) is 11.3 Å². The summed E-state index contributed by atoms with van der Waals surface area (Å²) in [5.74, 6) is -0.475. The number of hydrogen-bond acceptors (Lipinski definition) is 5. The van der Waals surface area contributed by atoms with Gasteiger partial charge in [-0.05, 0) is 31.2 Å². The molecule has 0 bridgehead atoms. The lowest BCUT2D eigenvalue weighted by Crippen LogP contribution is -2.46. The highest BCUT2D eigenvalue weighted by Crippen LogP contribution is 2.32. The van der Waals surface area contributed by atoms with Crippen LogP contribution in [0.2, 0.25) is 0 Å². The molecule has 1 aliphatic carbocycles. The lowest BCUT2D eigenvalue weighted by atomic mass is 9.77. The molecule has 1 heterocycles. The van der Waals surface area contributed by atoms with Crippen molar-refractivity contribution < 1.29 is 18.3 Å². The summed E-state index contributed by atoms with van der Waals surface area (Å²) in [5.41, 5.74) is 5.31. The summed E-state index contributed by atoms with van der Waals surface area (Å²) in [7, 11) is -3.64. The molecule has 112 valence electrons. The van der Waals surface area contributed by atoms with E-state index in [0.29, 0.717) is 19.3 Å². The Kier molecular flexibility index (Phi) is 4.48. The fourth-order valence-corrected chi connectivity index (χ4v) is 4.89. The number of nitrogens with one attached hydrogen (secondary N) is 1. The zero-order valence-electron chi connectivity index (χ0n) is 11.1. The predicted molar refractivity (Wildman–Crippen MR) is 76.0 cm³/mol. The predicted octanol–water partition coefficient (Wildman–Crippen LogP) is 0.675. The summed E-state index contributed by atoms with van der Waals surface area (Å²) in [4.78, 5) is 11.0. The second-order valence-electron chi connectivity index (χ2n) is 5.04. The van der Waals surface area contributed by atoms with Gasteiger partial charge in [0.25, 0.3) is 0 Å². The molecule has 1 amide bonds. The zero-order valence-corrected chi connectivity index (χ0v) is 12.7. The van der Waals surface area contributed by atoms with E-state index in [-0.39, 0.29) is 27.8 Å². The number of hydrogen-bond donors (Lipinski definition) is 3. The fraction of sp³-hybridized carbons (Fsp3) is 0.583. The van der Waals surface area contributed by atoms with Crippen molar-refractivity contribution in [1.82, 2.24) is 4.72 Å². The molecule has 0 spiro atoms. The number of thiophene rings is 1. The van der Waals surface area contributed by atoms with Crippen molar-refractivity contribution in [2.24, 2.45) is 11.7 Å². The van der Waals surface area contributed by atoms with Crippen molar-refractivity contribution in [1.29, 1.82) is 0 Å². The van der Waals surface area contributed by atoms with E-state index in [2.05, 4.69) is 4.72 Å². The first-order chi connectivity index (χ1) is 9.33. The highest BCUT2D eigenvalue weighted by molar-refractivity contribution is 7.91. The Hall–Kier alpha value is -0.960. The van der Waals surface area contributed by atoms with Crippen molar-refractivity contribution in [2.75, 3.05) is 0 Å². The van der Waals surface area contributed by atoms with Crippen LogP contribution < -0.4 is 10.5 Å². The van der Waals surface area contributed by atoms with Gasteiger partial charge in [-0.3, -0.25) is 4.79 Å². The third-order valence-corrected chi connectivity index (χ3v) is 6.52. The van der Waals surface area contributed by atoms with Crippen LogP contribution in [0.4, 0.5) is 0 Å². The molecular weight excluding hydrogens is 300 g/mol. The molecule has 6 nitrogen and oxygen atoms in total. The Morgan fingerprint density at radius 3 is 2.70 bits per heavy atom. The number of aliphatic hydroxyl groups excluding tert-OH is 1. The van der Waals surface area contributed by atoms with Gasteiger partial charge in [-0.25, -0.2) is 13.1 Å². The van der Waals surface area contributed by atoms with Gasteiger partial charge in [-0.2, -0.15) is 0 Å². The molecule has 1 aliphatic rings. The SMILES string of the molecule is CC[C@@H](NS(=O)(=O)c1cc(C(N)=O)cs1)C1CC(O)C1. The summed E-state index contributed by atoms with van der Waals surface area (Å²) in [6, 6.07) is 1.10. The molecule has 1 aromatic heterocycles. The number of primary amides is 1. The molecule has 1 aromatic rings. The minimum Gasteiger partial charge on any atom is -0.393 e. The van der Waals surface area contributed by atoms with Gasteiger partial charge < -0.3 is 10.8 Å². The number of carbonyl (C=O) groups is 1. The molecule has 1 saturated carbocycles. The maximum absolute atomic E-state index is 12.2. The second kappa shape index (κ2) is 5.80. The van der Waals surface area contributed by atoms with Crippen molar-refractivity contribution in [3.05, 3.63) is 17.0 Å². The Labute approximate surface area is 122 Å². The summed E-state index contributed by atoms with van der Waals surface area (Å²) in [6.07, 6.45) is 1.59. The molecule has 0 radical (unpaired) electrons. The van der Waals surface area contributed by atoms with E-state index >= 15 is 0 Å². The highest BCUT2D eigenvalue weighted by Gasteiger charge is 2.35. The van der Waals surface area contributed by atoms with Gasteiger partial charge in [0.05, 0.1) is 11.7 Å². The Morgan fingerprint density at radius 2 is 2.25 bits per heavy atom. The molecule has 0 aliphatic heterocycles. The number of carbonyl (C=O) groups excluding carboxylic acids is 1. The molecule has 0 aromatic carbocycles. The monoisotopic (exact) mass is 318 g/mol. The van der Waals surface area contributed by atoms with E-state index in [1.807, 2.05) is 6.92 Å². The van der Waals surface area contributed by atoms with Crippen molar-refractivity contribution >= 4 is 27.3 Å². The Morgan fingerprint density at radius 1 is 1.60 bits per heavy atom. The average molecular weight is 318 g/mol. The summed E-state index contributed by atoms with van der Waals surface area (Å²) >= 11 is 0.974. The van der Waals surface area contributed by atoms with Gasteiger partial charge in [0.2, 0.25) is 15.9 Å². The largest absolute Gasteiger partial charge is 0.393 e. The standard InChI is InChI=1S/C12H18N2O4S2/c1-2-10(7-3-9(15)4-7)14-20(17,18)11-5-8(6-19-11)12(13)16/h5-7,9-10,14-15H,2-4H2,1H3,(H2,13,16)/t7?,9?,10-/m1/s1. The van der Waals surface area contributed by atoms with Crippen LogP contribution in [-0.4, -0.2) is 31.6 Å². The quantitative estimate of drug-likeness (QED) is 0.716. The van der Waals surface area contributed by atoms with Gasteiger partial charge in [0.15, 0.2) is 0 Å². The maximum Gasteiger partial charge on any atom is 0.250 e. The highest BCUT2D eigenvalue weighted by atomic mass is 32.2. The lowest BCUT2D eigenvalue weighted by Gasteiger charge is -2.37. The third-order valence-electron chi connectivity index (χ3n) is 3.59. The first-order valence-electron chi connectivity index (χ1n) is 6.42. The molecule has 4 N–H and O–H groups in total. The molecule has 1 fully saturated rings. The lowest BCUT2D eigenvalue weighted by molar-refractivity contribution is 0.0277. The summed E-state index contributed by atoms with van der Waals surface area (Å²) in [6.45, 7) is 1.90. The first kappa shape index (κ1) is 15.4. The Bertz CT molecular complexity index is 590. The van der Waals surface area contributed by atoms with E-state index in [1.54, 1.807) is 0 Å². The van der Waals surface area contributed by atoms with Crippen LogP contribution in [-0.2, 0) is 10.0 Å². The first-order valence-corrected chi connectivity index (χ1v) is 8.78. The minimum absolute atomic E-state index is 0.0876. The van der Waals surface area contributed by atoms with Crippen LogP contribution in [0.3, 0.4) is 0 Å². The number of nitrogens with two attached hydrogens (primary N) is 1. The second-order valence-corrected chi connectivity index (χ2v) is 7.89. The summed E-state index contributed by atoms with van der Waals surface area (Å²) < 4.78 is 27.2. The van der Waals surface area contributed by atoms with E-state index in [1.165, 1.54) is 11.4 Å². The minimum atomic E-state index is -3.64. The smallest absolute Gasteiger partial charge is 0.250 e. The number of rotatable bonds is 6.